The number of para-hydroxylation sites is 1. The molecule has 1 aromatic carbocycles. The summed E-state index contributed by atoms with van der Waals surface area (Å²) in [4.78, 5) is 3.90. The van der Waals surface area contributed by atoms with E-state index in [1.807, 2.05) is 6.07 Å². The maximum Gasteiger partial charge on any atom is 0.246 e. The summed E-state index contributed by atoms with van der Waals surface area (Å²) in [5.41, 5.74) is -0.537. The van der Waals surface area contributed by atoms with Crippen LogP contribution < -0.4 is 4.74 Å². The van der Waals surface area contributed by atoms with Crippen LogP contribution in [0, 0.1) is 0 Å². The molecule has 0 amide bonds. The second-order valence-electron chi connectivity index (χ2n) is 7.10. The maximum atomic E-state index is 13.2. The fourth-order valence-electron chi connectivity index (χ4n) is 3.85. The number of hydrogen-bond acceptors (Lipinski definition) is 6. The number of benzene rings is 1. The molecule has 1 saturated heterocycles. The zero-order valence-electron chi connectivity index (χ0n) is 15.3. The van der Waals surface area contributed by atoms with Crippen molar-refractivity contribution in [1.29, 1.82) is 0 Å². The number of hydrogen-bond donors (Lipinski definition) is 0. The molecular weight excluding hydrogens is 384 g/mol. The van der Waals surface area contributed by atoms with Crippen molar-refractivity contribution in [3.8, 4) is 5.75 Å². The highest BCUT2D eigenvalue weighted by Gasteiger charge is 2.47. The Hall–Kier alpha value is -1.45. The van der Waals surface area contributed by atoms with Gasteiger partial charge in [0.2, 0.25) is 10.0 Å². The second-order valence-corrected chi connectivity index (χ2v) is 10.0. The van der Waals surface area contributed by atoms with E-state index < -0.39 is 15.6 Å². The average molecular weight is 409 g/mol. The fourth-order valence-corrected chi connectivity index (χ4v) is 6.21. The number of methoxy groups -OCH3 is 1. The standard InChI is InChI=1S/C19H24N2O4S2/c1-24-11-10-21-15-19(8-9-20(14-19)13-16-5-4-12-26-16)25-17-6-2-3-7-18(17)27(21,22)23/h2-7,12H,8-11,13-15H2,1H3. The van der Waals surface area contributed by atoms with Crippen LogP contribution in [0.5, 0.6) is 5.75 Å². The van der Waals surface area contributed by atoms with Crippen LogP contribution in [0.2, 0.25) is 0 Å². The van der Waals surface area contributed by atoms with Gasteiger partial charge in [-0.2, -0.15) is 4.31 Å². The van der Waals surface area contributed by atoms with Gasteiger partial charge in [-0.05, 0) is 23.6 Å². The molecular formula is C19H24N2O4S2. The third-order valence-corrected chi connectivity index (χ3v) is 7.90. The smallest absolute Gasteiger partial charge is 0.246 e. The van der Waals surface area contributed by atoms with E-state index in [2.05, 4.69) is 22.4 Å². The Balaban J connectivity index is 1.64. The topological polar surface area (TPSA) is 59.1 Å². The minimum absolute atomic E-state index is 0.245. The van der Waals surface area contributed by atoms with E-state index in [-0.39, 0.29) is 4.90 Å². The van der Waals surface area contributed by atoms with E-state index in [4.69, 9.17) is 9.47 Å². The number of fused-ring (bicyclic) bond motifs is 1. The van der Waals surface area contributed by atoms with Gasteiger partial charge in [0.05, 0.1) is 13.2 Å². The van der Waals surface area contributed by atoms with Crippen LogP contribution in [-0.4, -0.2) is 63.1 Å². The normalized spacial score (nSPS) is 25.2. The summed E-state index contributed by atoms with van der Waals surface area (Å²) in [5.74, 6) is 0.454. The van der Waals surface area contributed by atoms with E-state index in [1.54, 1.807) is 36.6 Å². The van der Waals surface area contributed by atoms with Crippen LogP contribution in [-0.2, 0) is 21.3 Å². The van der Waals surface area contributed by atoms with Crippen molar-refractivity contribution in [3.05, 3.63) is 46.7 Å². The number of rotatable bonds is 5. The van der Waals surface area contributed by atoms with Crippen molar-refractivity contribution in [3.63, 3.8) is 0 Å². The van der Waals surface area contributed by atoms with Crippen LogP contribution in [0.1, 0.15) is 11.3 Å². The van der Waals surface area contributed by atoms with Gasteiger partial charge < -0.3 is 9.47 Å². The van der Waals surface area contributed by atoms with Crippen molar-refractivity contribution in [2.75, 3.05) is 39.9 Å². The lowest BCUT2D eigenvalue weighted by Gasteiger charge is -2.32. The van der Waals surface area contributed by atoms with Crippen molar-refractivity contribution in [2.45, 2.75) is 23.5 Å². The van der Waals surface area contributed by atoms with Gasteiger partial charge in [0.25, 0.3) is 0 Å². The number of nitrogens with zero attached hydrogens (tertiary/aromatic N) is 2. The summed E-state index contributed by atoms with van der Waals surface area (Å²) >= 11 is 1.74. The summed E-state index contributed by atoms with van der Waals surface area (Å²) in [5, 5.41) is 2.08. The van der Waals surface area contributed by atoms with Crippen molar-refractivity contribution in [2.24, 2.45) is 0 Å². The Morgan fingerprint density at radius 3 is 2.85 bits per heavy atom. The molecule has 0 N–H and O–H groups in total. The molecule has 0 aliphatic carbocycles. The van der Waals surface area contributed by atoms with Crippen LogP contribution in [0.4, 0.5) is 0 Å². The van der Waals surface area contributed by atoms with E-state index in [9.17, 15) is 8.42 Å². The molecule has 0 saturated carbocycles. The highest BCUT2D eigenvalue weighted by molar-refractivity contribution is 7.89. The number of thiophene rings is 1. The predicted molar refractivity (Wildman–Crippen MR) is 105 cm³/mol. The fraction of sp³-hybridized carbons (Fsp3) is 0.474. The third-order valence-electron chi connectivity index (χ3n) is 5.16. The van der Waals surface area contributed by atoms with Crippen molar-refractivity contribution < 1.29 is 17.9 Å². The van der Waals surface area contributed by atoms with Crippen LogP contribution in [0.15, 0.2) is 46.7 Å². The number of ether oxygens (including phenoxy) is 2. The molecule has 2 aliphatic heterocycles. The molecule has 0 bridgehead atoms. The number of likely N-dealkylation sites (tertiary alicyclic amines) is 1. The van der Waals surface area contributed by atoms with Crippen molar-refractivity contribution >= 4 is 21.4 Å². The van der Waals surface area contributed by atoms with Gasteiger partial charge in [0.15, 0.2) is 0 Å². The van der Waals surface area contributed by atoms with Crippen LogP contribution >= 0.6 is 11.3 Å². The Labute approximate surface area is 164 Å². The van der Waals surface area contributed by atoms with Gasteiger partial charge in [-0.3, -0.25) is 4.90 Å². The summed E-state index contributed by atoms with van der Waals surface area (Å²) in [6.07, 6.45) is 0.797. The molecule has 1 unspecified atom stereocenters. The molecule has 3 heterocycles. The molecule has 2 aromatic rings. The first kappa shape index (κ1) is 18.9. The molecule has 4 rings (SSSR count). The minimum atomic E-state index is -3.61. The lowest BCUT2D eigenvalue weighted by Crippen LogP contribution is -2.49. The zero-order chi connectivity index (χ0) is 18.9. The first-order valence-electron chi connectivity index (χ1n) is 9.04. The monoisotopic (exact) mass is 408 g/mol. The summed E-state index contributed by atoms with van der Waals surface area (Å²) in [6.45, 7) is 3.49. The average Bonchev–Trinajstić information content (AvgIpc) is 3.28. The number of sulfonamides is 1. The molecule has 8 heteroatoms. The van der Waals surface area contributed by atoms with Gasteiger partial charge in [-0.15, -0.1) is 11.3 Å². The molecule has 1 fully saturated rings. The lowest BCUT2D eigenvalue weighted by molar-refractivity contribution is 0.0534. The molecule has 1 atom stereocenters. The Kier molecular flexibility index (Phi) is 5.26. The highest BCUT2D eigenvalue weighted by atomic mass is 32.2. The van der Waals surface area contributed by atoms with Gasteiger partial charge in [-0.25, -0.2) is 8.42 Å². The second kappa shape index (κ2) is 7.52. The van der Waals surface area contributed by atoms with Gasteiger partial charge in [-0.1, -0.05) is 18.2 Å². The Bertz CT molecular complexity index is 885. The Morgan fingerprint density at radius 1 is 1.22 bits per heavy atom. The SMILES string of the molecule is COCCN1CC2(CCN(Cc3cccs3)C2)Oc2ccccc2S1(=O)=O. The predicted octanol–water partition coefficient (Wildman–Crippen LogP) is 2.42. The Morgan fingerprint density at radius 2 is 2.07 bits per heavy atom. The third kappa shape index (κ3) is 3.77. The quantitative estimate of drug-likeness (QED) is 0.761. The van der Waals surface area contributed by atoms with Crippen molar-refractivity contribution in [1.82, 2.24) is 9.21 Å². The summed E-state index contributed by atoms with van der Waals surface area (Å²) in [7, 11) is -2.02. The lowest BCUT2D eigenvalue weighted by atomic mass is 10.0. The van der Waals surface area contributed by atoms with Gasteiger partial charge >= 0.3 is 0 Å². The van der Waals surface area contributed by atoms with Crippen LogP contribution in [0.3, 0.4) is 0 Å². The molecule has 146 valence electrons. The zero-order valence-corrected chi connectivity index (χ0v) is 17.0. The van der Waals surface area contributed by atoms with E-state index in [0.717, 1.165) is 19.5 Å². The van der Waals surface area contributed by atoms with E-state index >= 15 is 0 Å². The first-order chi connectivity index (χ1) is 13.0. The molecule has 1 spiro atoms. The highest BCUT2D eigenvalue weighted by Crippen LogP contribution is 2.38. The first-order valence-corrected chi connectivity index (χ1v) is 11.4. The molecule has 6 nitrogen and oxygen atoms in total. The summed E-state index contributed by atoms with van der Waals surface area (Å²) in [6, 6.07) is 11.1. The molecule has 2 aliphatic rings. The van der Waals surface area contributed by atoms with Gasteiger partial charge in [0, 0.05) is 44.6 Å². The molecule has 0 radical (unpaired) electrons. The van der Waals surface area contributed by atoms with E-state index in [1.165, 1.54) is 9.18 Å². The largest absolute Gasteiger partial charge is 0.483 e. The van der Waals surface area contributed by atoms with E-state index in [0.29, 0.717) is 32.0 Å². The summed E-state index contributed by atoms with van der Waals surface area (Å²) < 4.78 is 39.5. The maximum absolute atomic E-state index is 13.2. The van der Waals surface area contributed by atoms with Gasteiger partial charge in [0.1, 0.15) is 16.2 Å². The minimum Gasteiger partial charge on any atom is -0.483 e. The molecule has 27 heavy (non-hydrogen) atoms. The molecule has 1 aromatic heterocycles. The van der Waals surface area contributed by atoms with Crippen LogP contribution in [0.25, 0.3) is 0 Å².